The molecule has 1 atom stereocenters. The molecule has 7 nitrogen and oxygen atoms in total. The number of nitrogens with zero attached hydrogens (tertiary/aromatic N) is 2. The van der Waals surface area contributed by atoms with Crippen molar-refractivity contribution in [2.45, 2.75) is 50.6 Å². The van der Waals surface area contributed by atoms with E-state index in [9.17, 15) is 13.2 Å². The topological polar surface area (TPSA) is 117 Å². The Labute approximate surface area is 161 Å². The Kier molecular flexibility index (Phi) is 10.2. The van der Waals surface area contributed by atoms with E-state index in [0.717, 1.165) is 44.2 Å². The number of anilines is 1. The lowest BCUT2D eigenvalue weighted by atomic mass is 9.82. The quantitative estimate of drug-likeness (QED) is 0.469. The van der Waals surface area contributed by atoms with Crippen LogP contribution in [0.5, 0.6) is 0 Å². The van der Waals surface area contributed by atoms with Gasteiger partial charge in [0.15, 0.2) is 0 Å². The van der Waals surface area contributed by atoms with E-state index in [0.29, 0.717) is 31.1 Å². The fourth-order valence-electron chi connectivity index (χ4n) is 3.27. The van der Waals surface area contributed by atoms with Crippen LogP contribution < -0.4 is 10.6 Å². The normalized spacial score (nSPS) is 16.0. The molecular weight excluding hydrogens is 378 g/mol. The van der Waals surface area contributed by atoms with Gasteiger partial charge in [0, 0.05) is 25.3 Å². The maximum atomic E-state index is 12.8. The molecule has 1 unspecified atom stereocenters. The Morgan fingerprint density at radius 1 is 1.29 bits per heavy atom. The first-order valence-corrected chi connectivity index (χ1v) is 9.08. The van der Waals surface area contributed by atoms with Crippen LogP contribution in [0.1, 0.15) is 37.7 Å². The van der Waals surface area contributed by atoms with Crippen LogP contribution in [0.15, 0.2) is 18.3 Å². The molecule has 0 aliphatic carbocycles. The lowest BCUT2D eigenvalue weighted by Crippen LogP contribution is -2.41. The van der Waals surface area contributed by atoms with E-state index >= 15 is 0 Å². The van der Waals surface area contributed by atoms with Gasteiger partial charge in [0.1, 0.15) is 5.82 Å². The fourth-order valence-corrected chi connectivity index (χ4v) is 3.27. The third kappa shape index (κ3) is 8.39. The van der Waals surface area contributed by atoms with Crippen LogP contribution in [0.2, 0.25) is 6.32 Å². The van der Waals surface area contributed by atoms with Gasteiger partial charge in [-0.15, -0.1) is 0 Å². The van der Waals surface area contributed by atoms with E-state index in [1.165, 1.54) is 6.20 Å². The maximum Gasteiger partial charge on any atom is 0.451 e. The molecule has 1 saturated heterocycles. The summed E-state index contributed by atoms with van der Waals surface area (Å²) in [5.41, 5.74) is 5.54. The van der Waals surface area contributed by atoms with E-state index < -0.39 is 18.9 Å². The predicted molar refractivity (Wildman–Crippen MR) is 96.0 cm³/mol. The zero-order valence-corrected chi connectivity index (χ0v) is 15.4. The van der Waals surface area contributed by atoms with Crippen molar-refractivity contribution in [3.8, 4) is 0 Å². The van der Waals surface area contributed by atoms with Crippen molar-refractivity contribution in [3.05, 3.63) is 23.9 Å². The summed E-state index contributed by atoms with van der Waals surface area (Å²) in [6.45, 7) is 1.28. The first-order valence-electron chi connectivity index (χ1n) is 9.08. The van der Waals surface area contributed by atoms with Crippen molar-refractivity contribution in [2.75, 3.05) is 18.0 Å². The highest BCUT2D eigenvalue weighted by molar-refractivity contribution is 6.40. The second-order valence-electron chi connectivity index (χ2n) is 6.74. The highest BCUT2D eigenvalue weighted by atomic mass is 19.4. The molecular formula is C17H25BF3N3O4. The number of aromatic nitrogens is 1. The second kappa shape index (κ2) is 11.8. The van der Waals surface area contributed by atoms with Gasteiger partial charge in [-0.2, -0.15) is 22.8 Å². The first-order chi connectivity index (χ1) is 13.2. The van der Waals surface area contributed by atoms with Crippen molar-refractivity contribution in [1.29, 1.82) is 0 Å². The second-order valence-corrected chi connectivity index (χ2v) is 6.74. The number of unbranched alkanes of at least 4 members (excludes halogenated alkanes) is 1. The van der Waals surface area contributed by atoms with Gasteiger partial charge in [0.05, 0.1) is 5.56 Å². The molecule has 0 spiro atoms. The highest BCUT2D eigenvalue weighted by Crippen LogP contribution is 2.32. The van der Waals surface area contributed by atoms with Gasteiger partial charge in [-0.1, -0.05) is 12.8 Å². The Balaban J connectivity index is 0.00000122. The molecule has 0 aromatic carbocycles. The Hall–Kier alpha value is -1.94. The molecule has 2 rings (SSSR count). The number of halogens is 3. The molecule has 11 heteroatoms. The molecule has 0 amide bonds. The Bertz CT molecular complexity index is 620. The van der Waals surface area contributed by atoms with E-state index in [2.05, 4.69) is 4.98 Å². The van der Waals surface area contributed by atoms with Gasteiger partial charge < -0.3 is 20.7 Å². The number of hydrogen-bond acceptors (Lipinski definition) is 7. The largest absolute Gasteiger partial charge is 0.451 e. The summed E-state index contributed by atoms with van der Waals surface area (Å²) in [6.07, 6.45) is 1.47. The molecule has 1 aromatic rings. The third-order valence-corrected chi connectivity index (χ3v) is 4.79. The minimum atomic E-state index is -4.36. The molecule has 0 saturated carbocycles. The fraction of sp³-hybridized carbons (Fsp3) is 0.647. The summed E-state index contributed by atoms with van der Waals surface area (Å²) in [4.78, 5) is 22.2. The van der Waals surface area contributed by atoms with Crippen molar-refractivity contribution >= 4 is 19.1 Å². The molecule has 1 aromatic heterocycles. The van der Waals surface area contributed by atoms with Crippen LogP contribution in [-0.2, 0) is 15.8 Å². The van der Waals surface area contributed by atoms with Crippen molar-refractivity contribution in [1.82, 2.24) is 4.98 Å². The summed E-state index contributed by atoms with van der Waals surface area (Å²) >= 11 is 0. The number of hydrogen-bond donors (Lipinski definition) is 3. The van der Waals surface area contributed by atoms with Gasteiger partial charge >= 0.3 is 19.4 Å². The monoisotopic (exact) mass is 403 g/mol. The molecule has 1 aliphatic rings. The van der Waals surface area contributed by atoms with E-state index in [-0.39, 0.29) is 12.2 Å². The summed E-state index contributed by atoms with van der Waals surface area (Å²) in [7, 11) is -1.26. The lowest BCUT2D eigenvalue weighted by Gasteiger charge is -2.35. The van der Waals surface area contributed by atoms with Crippen LogP contribution >= 0.6 is 0 Å². The number of alkyl halides is 3. The van der Waals surface area contributed by atoms with Crippen LogP contribution in [0.3, 0.4) is 0 Å². The molecule has 4 N–H and O–H groups in total. The lowest BCUT2D eigenvalue weighted by molar-refractivity contribution is -0.191. The predicted octanol–water partition coefficient (Wildman–Crippen LogP) is 1.70. The summed E-state index contributed by atoms with van der Waals surface area (Å²) < 4.78 is 38.4. The van der Waals surface area contributed by atoms with Crippen LogP contribution in [0.4, 0.5) is 19.0 Å². The summed E-state index contributed by atoms with van der Waals surface area (Å²) in [5, 5.41) is 17.6. The molecule has 156 valence electrons. The van der Waals surface area contributed by atoms with Crippen LogP contribution in [-0.4, -0.2) is 47.4 Å². The summed E-state index contributed by atoms with van der Waals surface area (Å²) in [6, 6.07) is 2.11. The van der Waals surface area contributed by atoms with Crippen molar-refractivity contribution < 1.29 is 32.8 Å². The molecule has 0 radical (unpaired) electrons. The molecule has 1 aliphatic heterocycles. The van der Waals surface area contributed by atoms with Crippen LogP contribution in [0.25, 0.3) is 0 Å². The van der Waals surface area contributed by atoms with Gasteiger partial charge in [0.25, 0.3) is 0 Å². The van der Waals surface area contributed by atoms with Crippen LogP contribution in [0, 0.1) is 5.92 Å². The van der Waals surface area contributed by atoms with Crippen molar-refractivity contribution in [2.24, 2.45) is 11.7 Å². The van der Waals surface area contributed by atoms with E-state index in [4.69, 9.17) is 25.4 Å². The third-order valence-electron chi connectivity index (χ3n) is 4.79. The number of piperidine rings is 1. The number of nitrogens with two attached hydrogens (primary N) is 1. The Morgan fingerprint density at radius 2 is 1.89 bits per heavy atom. The SMILES string of the molecule is NC(CCCCB(O)O)C1CCN(c2cc(C(F)(F)F)ccn2)CC1.O=C=O. The smallest absolute Gasteiger partial charge is 0.427 e. The molecule has 28 heavy (non-hydrogen) atoms. The van der Waals surface area contributed by atoms with Gasteiger partial charge in [-0.25, -0.2) is 4.98 Å². The summed E-state index contributed by atoms with van der Waals surface area (Å²) in [5.74, 6) is 0.694. The first kappa shape index (κ1) is 24.1. The van der Waals surface area contributed by atoms with Gasteiger partial charge in [0.2, 0.25) is 0 Å². The number of rotatable bonds is 7. The van der Waals surface area contributed by atoms with Gasteiger partial charge in [-0.3, -0.25) is 0 Å². The average Bonchev–Trinajstić information content (AvgIpc) is 2.65. The zero-order valence-electron chi connectivity index (χ0n) is 15.4. The minimum absolute atomic E-state index is 0.0347. The Morgan fingerprint density at radius 3 is 2.43 bits per heavy atom. The number of carbonyl (C=O) groups excluding carboxylic acids is 2. The molecule has 0 bridgehead atoms. The minimum Gasteiger partial charge on any atom is -0.427 e. The average molecular weight is 403 g/mol. The van der Waals surface area contributed by atoms with Gasteiger partial charge in [-0.05, 0) is 43.6 Å². The molecule has 2 heterocycles. The zero-order chi connectivity index (χ0) is 21.2. The molecule has 1 fully saturated rings. The maximum absolute atomic E-state index is 12.8. The van der Waals surface area contributed by atoms with E-state index in [1.807, 2.05) is 4.90 Å². The highest BCUT2D eigenvalue weighted by Gasteiger charge is 2.32. The number of pyridine rings is 1. The van der Waals surface area contributed by atoms with E-state index in [1.54, 1.807) is 0 Å². The standard InChI is InChI=1S/C16H25BF3N3O2.CO2/c18-16(19,20)13-4-8-22-15(11-13)23-9-5-12(6-10-23)14(21)3-1-2-7-17(24)25;2-1-3/h4,8,11-12,14,24-25H,1-3,5-7,9-10,21H2;. The van der Waals surface area contributed by atoms with Crippen molar-refractivity contribution in [3.63, 3.8) is 0 Å².